The number of piperidine rings is 1. The van der Waals surface area contributed by atoms with E-state index < -0.39 is 0 Å². The van der Waals surface area contributed by atoms with Crippen molar-refractivity contribution < 1.29 is 14.3 Å². The SMILES string of the molecule is COc1ccc(COCCNC(=O)[C@H]2CCN[C@@H](C)C2)cc1.Cl. The number of carbonyl (C=O) groups is 1. The molecule has 0 aliphatic carbocycles. The van der Waals surface area contributed by atoms with E-state index in [-0.39, 0.29) is 24.2 Å². The Hall–Kier alpha value is -1.30. The van der Waals surface area contributed by atoms with Crippen molar-refractivity contribution >= 4 is 18.3 Å². The maximum Gasteiger partial charge on any atom is 0.223 e. The van der Waals surface area contributed by atoms with Gasteiger partial charge >= 0.3 is 0 Å². The van der Waals surface area contributed by atoms with Crippen LogP contribution in [-0.2, 0) is 16.1 Å². The molecule has 1 aliphatic heterocycles. The Labute approximate surface area is 144 Å². The molecular weight excluding hydrogens is 316 g/mol. The summed E-state index contributed by atoms with van der Waals surface area (Å²) < 4.78 is 10.7. The average Bonchev–Trinajstić information content (AvgIpc) is 2.55. The molecule has 0 unspecified atom stereocenters. The quantitative estimate of drug-likeness (QED) is 0.745. The number of rotatable bonds is 7. The van der Waals surface area contributed by atoms with Gasteiger partial charge in [-0.05, 0) is 44.0 Å². The van der Waals surface area contributed by atoms with Crippen LogP contribution in [0.3, 0.4) is 0 Å². The third-order valence-electron chi connectivity index (χ3n) is 3.97. The maximum absolute atomic E-state index is 12.0. The van der Waals surface area contributed by atoms with Crippen LogP contribution in [0.5, 0.6) is 5.75 Å². The van der Waals surface area contributed by atoms with Crippen molar-refractivity contribution in [2.45, 2.75) is 32.4 Å². The molecule has 2 N–H and O–H groups in total. The second-order valence-corrected chi connectivity index (χ2v) is 5.77. The third kappa shape index (κ3) is 6.77. The predicted molar refractivity (Wildman–Crippen MR) is 93.1 cm³/mol. The highest BCUT2D eigenvalue weighted by atomic mass is 35.5. The van der Waals surface area contributed by atoms with E-state index in [1.54, 1.807) is 7.11 Å². The standard InChI is InChI=1S/C17H26N2O3.ClH/c1-13-11-15(7-8-18-13)17(20)19-9-10-22-12-14-3-5-16(21-2)6-4-14;/h3-6,13,15,18H,7-12H2,1-2H3,(H,19,20);1H/t13-,15-;/m0./s1. The Morgan fingerprint density at radius 2 is 2.09 bits per heavy atom. The molecule has 2 atom stereocenters. The van der Waals surface area contributed by atoms with Crippen LogP contribution in [-0.4, -0.2) is 38.8 Å². The lowest BCUT2D eigenvalue weighted by molar-refractivity contribution is -0.126. The number of hydrogen-bond donors (Lipinski definition) is 2. The molecule has 130 valence electrons. The molecule has 1 fully saturated rings. The smallest absolute Gasteiger partial charge is 0.223 e. The van der Waals surface area contributed by atoms with Crippen molar-refractivity contribution in [1.82, 2.24) is 10.6 Å². The van der Waals surface area contributed by atoms with Crippen LogP contribution in [0.2, 0.25) is 0 Å². The predicted octanol–water partition coefficient (Wildman–Crippen LogP) is 2.14. The van der Waals surface area contributed by atoms with Crippen molar-refractivity contribution in [3.63, 3.8) is 0 Å². The van der Waals surface area contributed by atoms with Crippen molar-refractivity contribution in [3.8, 4) is 5.75 Å². The van der Waals surface area contributed by atoms with E-state index in [1.807, 2.05) is 24.3 Å². The summed E-state index contributed by atoms with van der Waals surface area (Å²) in [5, 5.41) is 6.32. The van der Waals surface area contributed by atoms with Crippen LogP contribution < -0.4 is 15.4 Å². The van der Waals surface area contributed by atoms with Crippen molar-refractivity contribution in [3.05, 3.63) is 29.8 Å². The fraction of sp³-hybridized carbons (Fsp3) is 0.588. The number of hydrogen-bond acceptors (Lipinski definition) is 4. The van der Waals surface area contributed by atoms with Crippen LogP contribution >= 0.6 is 12.4 Å². The molecule has 6 heteroatoms. The van der Waals surface area contributed by atoms with Crippen molar-refractivity contribution in [2.75, 3.05) is 26.8 Å². The molecule has 0 spiro atoms. The number of amides is 1. The zero-order valence-corrected chi connectivity index (χ0v) is 14.7. The maximum atomic E-state index is 12.0. The van der Waals surface area contributed by atoms with Gasteiger partial charge < -0.3 is 20.1 Å². The summed E-state index contributed by atoms with van der Waals surface area (Å²) in [6.45, 7) is 4.68. The largest absolute Gasteiger partial charge is 0.497 e. The lowest BCUT2D eigenvalue weighted by Crippen LogP contribution is -2.43. The molecule has 1 aromatic carbocycles. The minimum absolute atomic E-state index is 0. The summed E-state index contributed by atoms with van der Waals surface area (Å²) in [5.41, 5.74) is 1.10. The van der Waals surface area contributed by atoms with E-state index in [2.05, 4.69) is 17.6 Å². The second-order valence-electron chi connectivity index (χ2n) is 5.77. The van der Waals surface area contributed by atoms with Gasteiger partial charge in [0.05, 0.1) is 20.3 Å². The molecule has 1 heterocycles. The molecule has 0 radical (unpaired) electrons. The molecule has 1 aromatic rings. The van der Waals surface area contributed by atoms with Crippen molar-refractivity contribution in [2.24, 2.45) is 5.92 Å². The topological polar surface area (TPSA) is 59.6 Å². The first-order valence-corrected chi connectivity index (χ1v) is 7.91. The number of ether oxygens (including phenoxy) is 2. The van der Waals surface area contributed by atoms with E-state index in [0.29, 0.717) is 25.8 Å². The summed E-state index contributed by atoms with van der Waals surface area (Å²) in [7, 11) is 1.65. The zero-order chi connectivity index (χ0) is 15.8. The van der Waals surface area contributed by atoms with Gasteiger partial charge in [-0.2, -0.15) is 0 Å². The van der Waals surface area contributed by atoms with Crippen LogP contribution in [0.1, 0.15) is 25.3 Å². The highest BCUT2D eigenvalue weighted by Gasteiger charge is 2.24. The molecule has 0 bridgehead atoms. The summed E-state index contributed by atoms with van der Waals surface area (Å²) in [5.74, 6) is 1.13. The van der Waals surface area contributed by atoms with Gasteiger partial charge in [-0.1, -0.05) is 12.1 Å². The molecule has 23 heavy (non-hydrogen) atoms. The molecule has 2 rings (SSSR count). The number of halogens is 1. The second kappa shape index (κ2) is 10.5. The number of methoxy groups -OCH3 is 1. The normalized spacial score (nSPS) is 20.4. The monoisotopic (exact) mass is 342 g/mol. The van der Waals surface area contributed by atoms with E-state index in [4.69, 9.17) is 9.47 Å². The van der Waals surface area contributed by atoms with Gasteiger partial charge in [0, 0.05) is 18.5 Å². The Balaban J connectivity index is 0.00000264. The Morgan fingerprint density at radius 1 is 1.35 bits per heavy atom. The number of nitrogens with one attached hydrogen (secondary N) is 2. The van der Waals surface area contributed by atoms with E-state index in [0.717, 1.165) is 30.7 Å². The van der Waals surface area contributed by atoms with E-state index >= 15 is 0 Å². The molecule has 1 aliphatic rings. The van der Waals surface area contributed by atoms with Gasteiger partial charge in [0.1, 0.15) is 5.75 Å². The molecule has 0 saturated carbocycles. The van der Waals surface area contributed by atoms with Gasteiger partial charge in [-0.3, -0.25) is 4.79 Å². The highest BCUT2D eigenvalue weighted by Crippen LogP contribution is 2.15. The molecule has 5 nitrogen and oxygen atoms in total. The van der Waals surface area contributed by atoms with Crippen molar-refractivity contribution in [1.29, 1.82) is 0 Å². The Kier molecular flexibility index (Phi) is 8.99. The molecule has 1 amide bonds. The fourth-order valence-corrected chi connectivity index (χ4v) is 2.67. The fourth-order valence-electron chi connectivity index (χ4n) is 2.67. The van der Waals surface area contributed by atoms with Crippen LogP contribution in [0.25, 0.3) is 0 Å². The first-order chi connectivity index (χ1) is 10.7. The van der Waals surface area contributed by atoms with Gasteiger partial charge in [0.25, 0.3) is 0 Å². The van der Waals surface area contributed by atoms with Gasteiger partial charge in [-0.25, -0.2) is 0 Å². The summed E-state index contributed by atoms with van der Waals surface area (Å²) in [4.78, 5) is 12.0. The number of carbonyl (C=O) groups excluding carboxylic acids is 1. The lowest BCUT2D eigenvalue weighted by atomic mass is 9.92. The van der Waals surface area contributed by atoms with Crippen LogP contribution in [0.15, 0.2) is 24.3 Å². The summed E-state index contributed by atoms with van der Waals surface area (Å²) in [6.07, 6.45) is 1.83. The van der Waals surface area contributed by atoms with Gasteiger partial charge in [-0.15, -0.1) is 12.4 Å². The number of benzene rings is 1. The van der Waals surface area contributed by atoms with Gasteiger partial charge in [0.2, 0.25) is 5.91 Å². The highest BCUT2D eigenvalue weighted by molar-refractivity contribution is 5.85. The first kappa shape index (κ1) is 19.7. The molecule has 1 saturated heterocycles. The summed E-state index contributed by atoms with van der Waals surface area (Å²) >= 11 is 0. The Bertz CT molecular complexity index is 467. The van der Waals surface area contributed by atoms with E-state index in [9.17, 15) is 4.79 Å². The lowest BCUT2D eigenvalue weighted by Gasteiger charge is -2.27. The summed E-state index contributed by atoms with van der Waals surface area (Å²) in [6, 6.07) is 8.22. The average molecular weight is 343 g/mol. The van der Waals surface area contributed by atoms with E-state index in [1.165, 1.54) is 0 Å². The minimum atomic E-state index is 0. The van der Waals surface area contributed by atoms with Crippen LogP contribution in [0, 0.1) is 5.92 Å². The Morgan fingerprint density at radius 3 is 2.74 bits per heavy atom. The molecule has 0 aromatic heterocycles. The van der Waals surface area contributed by atoms with Gasteiger partial charge in [0.15, 0.2) is 0 Å². The first-order valence-electron chi connectivity index (χ1n) is 7.91. The third-order valence-corrected chi connectivity index (χ3v) is 3.97. The molecular formula is C17H27ClN2O3. The minimum Gasteiger partial charge on any atom is -0.497 e. The zero-order valence-electron chi connectivity index (χ0n) is 13.8. The van der Waals surface area contributed by atoms with Crippen LogP contribution in [0.4, 0.5) is 0 Å².